The van der Waals surface area contributed by atoms with Crippen molar-refractivity contribution in [3.8, 4) is 0 Å². The predicted molar refractivity (Wildman–Crippen MR) is 63.0 cm³/mol. The smallest absolute Gasteiger partial charge is 0.361 e. The minimum absolute atomic E-state index is 0.160. The largest absolute Gasteiger partial charge is 0.472 e. The van der Waals surface area contributed by atoms with Gasteiger partial charge in [0.15, 0.2) is 5.69 Å². The molecule has 0 aliphatic carbocycles. The fourth-order valence-electron chi connectivity index (χ4n) is 1.46. The summed E-state index contributed by atoms with van der Waals surface area (Å²) in [6.07, 6.45) is 4.71. The second kappa shape index (κ2) is 5.31. The van der Waals surface area contributed by atoms with Crippen molar-refractivity contribution in [3.05, 3.63) is 48.2 Å². The maximum Gasteiger partial charge on any atom is 0.361 e. The molecule has 0 saturated carbocycles. The van der Waals surface area contributed by atoms with Gasteiger partial charge in [0.05, 0.1) is 24.8 Å². The molecular weight excluding hydrogens is 234 g/mol. The van der Waals surface area contributed by atoms with E-state index in [2.05, 4.69) is 16.9 Å². The van der Waals surface area contributed by atoms with Crippen LogP contribution in [0.2, 0.25) is 0 Å². The Morgan fingerprint density at radius 3 is 3.17 bits per heavy atom. The first-order valence-electron chi connectivity index (χ1n) is 5.41. The van der Waals surface area contributed by atoms with E-state index in [0.717, 1.165) is 5.56 Å². The first kappa shape index (κ1) is 12.1. The average Bonchev–Trinajstić information content (AvgIpc) is 2.98. The highest BCUT2D eigenvalue weighted by atomic mass is 16.5. The van der Waals surface area contributed by atoms with Crippen LogP contribution in [-0.2, 0) is 11.3 Å². The van der Waals surface area contributed by atoms with E-state index in [1.807, 2.05) is 6.07 Å². The van der Waals surface area contributed by atoms with Crippen molar-refractivity contribution in [2.75, 3.05) is 6.61 Å². The Balaban J connectivity index is 2.13. The number of furan rings is 1. The topological polar surface area (TPSA) is 70.2 Å². The van der Waals surface area contributed by atoms with Gasteiger partial charge in [-0.2, -0.15) is 0 Å². The van der Waals surface area contributed by atoms with Crippen LogP contribution in [0.4, 0.5) is 0 Å². The van der Waals surface area contributed by atoms with E-state index < -0.39 is 5.97 Å². The van der Waals surface area contributed by atoms with E-state index in [1.165, 1.54) is 6.08 Å². The van der Waals surface area contributed by atoms with Crippen LogP contribution < -0.4 is 0 Å². The first-order chi connectivity index (χ1) is 8.72. The fourth-order valence-corrected chi connectivity index (χ4v) is 1.46. The Morgan fingerprint density at radius 2 is 2.50 bits per heavy atom. The molecule has 0 unspecified atom stereocenters. The molecule has 0 bridgehead atoms. The first-order valence-corrected chi connectivity index (χ1v) is 5.41. The molecule has 0 atom stereocenters. The lowest BCUT2D eigenvalue weighted by Gasteiger charge is -2.01. The summed E-state index contributed by atoms with van der Waals surface area (Å²) in [4.78, 5) is 11.6. The van der Waals surface area contributed by atoms with E-state index in [1.54, 1.807) is 24.1 Å². The van der Waals surface area contributed by atoms with Crippen LogP contribution >= 0.6 is 0 Å². The SMILES string of the molecule is C=CCOC(=O)c1nnn(Cc2ccoc2)c1C. The lowest BCUT2D eigenvalue weighted by atomic mass is 10.3. The molecule has 94 valence electrons. The summed E-state index contributed by atoms with van der Waals surface area (Å²) in [5.74, 6) is -0.495. The number of nitrogens with zero attached hydrogens (tertiary/aromatic N) is 3. The third-order valence-corrected chi connectivity index (χ3v) is 2.42. The lowest BCUT2D eigenvalue weighted by molar-refractivity contribution is 0.0542. The second-order valence-electron chi connectivity index (χ2n) is 3.70. The number of hydrogen-bond donors (Lipinski definition) is 0. The Kier molecular flexibility index (Phi) is 3.57. The van der Waals surface area contributed by atoms with Crippen LogP contribution in [-0.4, -0.2) is 27.6 Å². The minimum atomic E-state index is -0.495. The minimum Gasteiger partial charge on any atom is -0.472 e. The molecule has 0 fully saturated rings. The van der Waals surface area contributed by atoms with Crippen LogP contribution in [0, 0.1) is 6.92 Å². The second-order valence-corrected chi connectivity index (χ2v) is 3.70. The predicted octanol–water partition coefficient (Wildman–Crippen LogP) is 1.57. The third-order valence-electron chi connectivity index (χ3n) is 2.42. The number of hydrogen-bond acceptors (Lipinski definition) is 5. The number of carbonyl (C=O) groups is 1. The summed E-state index contributed by atoms with van der Waals surface area (Å²) >= 11 is 0. The van der Waals surface area contributed by atoms with Gasteiger partial charge >= 0.3 is 5.97 Å². The van der Waals surface area contributed by atoms with Crippen LogP contribution in [0.1, 0.15) is 21.7 Å². The Hall–Kier alpha value is -2.37. The Labute approximate surface area is 104 Å². The summed E-state index contributed by atoms with van der Waals surface area (Å²) in [7, 11) is 0. The molecule has 0 saturated heterocycles. The Morgan fingerprint density at radius 1 is 1.67 bits per heavy atom. The highest BCUT2D eigenvalue weighted by Gasteiger charge is 2.17. The summed E-state index contributed by atoms with van der Waals surface area (Å²) in [6, 6.07) is 1.83. The molecule has 0 spiro atoms. The number of carbonyl (C=O) groups excluding carboxylic acids is 1. The van der Waals surface area contributed by atoms with Gasteiger partial charge in [0, 0.05) is 5.56 Å². The summed E-state index contributed by atoms with van der Waals surface area (Å²) in [5.41, 5.74) is 1.83. The number of esters is 1. The van der Waals surface area contributed by atoms with Crippen molar-refractivity contribution in [1.29, 1.82) is 0 Å². The van der Waals surface area contributed by atoms with Crippen molar-refractivity contribution >= 4 is 5.97 Å². The Bertz CT molecular complexity index is 543. The van der Waals surface area contributed by atoms with E-state index in [-0.39, 0.29) is 12.3 Å². The van der Waals surface area contributed by atoms with E-state index in [9.17, 15) is 4.79 Å². The van der Waals surface area contributed by atoms with Gasteiger partial charge in [-0.1, -0.05) is 17.9 Å². The summed E-state index contributed by atoms with van der Waals surface area (Å²) in [5, 5.41) is 7.74. The molecule has 2 aromatic heterocycles. The molecule has 6 nitrogen and oxygen atoms in total. The molecule has 6 heteroatoms. The van der Waals surface area contributed by atoms with Gasteiger partial charge in [0.25, 0.3) is 0 Å². The maximum atomic E-state index is 11.6. The van der Waals surface area contributed by atoms with Gasteiger partial charge in [-0.25, -0.2) is 9.48 Å². The molecule has 2 heterocycles. The number of rotatable bonds is 5. The molecule has 0 radical (unpaired) electrons. The zero-order valence-electron chi connectivity index (χ0n) is 10.00. The van der Waals surface area contributed by atoms with Crippen LogP contribution in [0.3, 0.4) is 0 Å². The standard InChI is InChI=1S/C12H13N3O3/c1-3-5-18-12(16)11-9(2)15(14-13-11)7-10-4-6-17-8-10/h3-4,6,8H,1,5,7H2,2H3. The van der Waals surface area contributed by atoms with E-state index in [0.29, 0.717) is 12.2 Å². The molecule has 18 heavy (non-hydrogen) atoms. The summed E-state index contributed by atoms with van der Waals surface area (Å²) in [6.45, 7) is 5.91. The van der Waals surface area contributed by atoms with Crippen molar-refractivity contribution in [2.24, 2.45) is 0 Å². The summed E-state index contributed by atoms with van der Waals surface area (Å²) < 4.78 is 11.5. The monoisotopic (exact) mass is 247 g/mol. The van der Waals surface area contributed by atoms with Crippen LogP contribution in [0.15, 0.2) is 35.7 Å². The third kappa shape index (κ3) is 2.48. The van der Waals surface area contributed by atoms with Crippen molar-refractivity contribution in [3.63, 3.8) is 0 Å². The molecule has 2 aromatic rings. The van der Waals surface area contributed by atoms with E-state index in [4.69, 9.17) is 9.15 Å². The molecule has 2 rings (SSSR count). The zero-order chi connectivity index (χ0) is 13.0. The fraction of sp³-hybridized carbons (Fsp3) is 0.250. The normalized spacial score (nSPS) is 10.3. The quantitative estimate of drug-likeness (QED) is 0.592. The number of ether oxygens (including phenoxy) is 1. The molecule has 0 aliphatic heterocycles. The lowest BCUT2D eigenvalue weighted by Crippen LogP contribution is -2.09. The van der Waals surface area contributed by atoms with Crippen molar-refractivity contribution in [1.82, 2.24) is 15.0 Å². The molecule has 0 amide bonds. The molecule has 0 aliphatic rings. The molecule has 0 aromatic carbocycles. The van der Waals surface area contributed by atoms with E-state index >= 15 is 0 Å². The highest BCUT2D eigenvalue weighted by molar-refractivity contribution is 5.88. The molecular formula is C12H13N3O3. The maximum absolute atomic E-state index is 11.6. The van der Waals surface area contributed by atoms with Gasteiger partial charge in [0.1, 0.15) is 6.61 Å². The van der Waals surface area contributed by atoms with Gasteiger partial charge in [0.2, 0.25) is 0 Å². The van der Waals surface area contributed by atoms with Gasteiger partial charge in [-0.3, -0.25) is 0 Å². The molecule has 0 N–H and O–H groups in total. The van der Waals surface area contributed by atoms with Gasteiger partial charge < -0.3 is 9.15 Å². The highest BCUT2D eigenvalue weighted by Crippen LogP contribution is 2.09. The zero-order valence-corrected chi connectivity index (χ0v) is 10.00. The van der Waals surface area contributed by atoms with Gasteiger partial charge in [-0.05, 0) is 13.0 Å². The van der Waals surface area contributed by atoms with Crippen molar-refractivity contribution in [2.45, 2.75) is 13.5 Å². The van der Waals surface area contributed by atoms with Crippen molar-refractivity contribution < 1.29 is 13.9 Å². The van der Waals surface area contributed by atoms with Crippen LogP contribution in [0.5, 0.6) is 0 Å². The van der Waals surface area contributed by atoms with Crippen LogP contribution in [0.25, 0.3) is 0 Å². The average molecular weight is 247 g/mol. The van der Waals surface area contributed by atoms with Gasteiger partial charge in [-0.15, -0.1) is 5.10 Å². The number of aromatic nitrogens is 3.